The Kier molecular flexibility index (Phi) is 4.52. The first-order valence-corrected chi connectivity index (χ1v) is 12.5. The minimum absolute atomic E-state index is 0.572. The van der Waals surface area contributed by atoms with E-state index >= 15 is 0 Å². The lowest BCUT2D eigenvalue weighted by Gasteiger charge is -2.15. The highest BCUT2D eigenvalue weighted by atomic mass is 32.2. The van der Waals surface area contributed by atoms with Gasteiger partial charge in [-0.25, -0.2) is 14.1 Å². The zero-order chi connectivity index (χ0) is 19.3. The minimum Gasteiger partial charge on any atom is -0.305 e. The van der Waals surface area contributed by atoms with Crippen LogP contribution >= 0.6 is 11.3 Å². The molecule has 2 amide bonds. The molecule has 3 N–H and O–H groups in total. The summed E-state index contributed by atoms with van der Waals surface area (Å²) in [6, 6.07) is -0.611. The predicted octanol–water partition coefficient (Wildman–Crippen LogP) is 3.93. The van der Waals surface area contributed by atoms with E-state index in [9.17, 15) is 9.00 Å². The zero-order valence-electron chi connectivity index (χ0n) is 15.8. The van der Waals surface area contributed by atoms with E-state index < -0.39 is 15.9 Å². The smallest absolute Gasteiger partial charge is 0.305 e. The second-order valence-corrected chi connectivity index (χ2v) is 10.7. The van der Waals surface area contributed by atoms with E-state index in [1.807, 2.05) is 5.38 Å². The van der Waals surface area contributed by atoms with Crippen molar-refractivity contribution in [1.29, 1.82) is 0 Å². The van der Waals surface area contributed by atoms with Gasteiger partial charge in [0.15, 0.2) is 9.92 Å². The third kappa shape index (κ3) is 3.07. The van der Waals surface area contributed by atoms with Gasteiger partial charge in [0, 0.05) is 11.4 Å². The molecule has 3 aliphatic carbocycles. The van der Waals surface area contributed by atoms with Crippen LogP contribution < -0.4 is 10.5 Å². The number of aryl methyl sites for hydroxylation is 3. The maximum absolute atomic E-state index is 13.1. The third-order valence-electron chi connectivity index (χ3n) is 6.03. The summed E-state index contributed by atoms with van der Waals surface area (Å²) in [7, 11) is -3.24. The molecule has 0 saturated carbocycles. The maximum Gasteiger partial charge on any atom is 0.354 e. The standard InChI is InChI=1S/C20H24N4O2S2/c21-28(26,19-13-6-2-1-5-12(13)11-27-19)24-20(25)23-18-14-7-3-9-16(14)22-17-10-4-8-15(17)18/h11H,1-10H2,(H3,21,22,23,24,25,26). The summed E-state index contributed by atoms with van der Waals surface area (Å²) in [6.07, 6.45) is 9.92. The number of thiophene rings is 1. The molecule has 0 aliphatic heterocycles. The highest BCUT2D eigenvalue weighted by Crippen LogP contribution is 2.37. The Morgan fingerprint density at radius 3 is 2.36 bits per heavy atom. The Bertz CT molecular complexity index is 1060. The van der Waals surface area contributed by atoms with Gasteiger partial charge in [-0.1, -0.05) is 0 Å². The van der Waals surface area contributed by atoms with Crippen LogP contribution in [0, 0.1) is 0 Å². The van der Waals surface area contributed by atoms with Crippen molar-refractivity contribution < 1.29 is 9.00 Å². The fourth-order valence-corrected chi connectivity index (χ4v) is 7.42. The number of nitrogens with one attached hydrogen (secondary N) is 1. The molecular formula is C20H24N4O2S2. The summed E-state index contributed by atoms with van der Waals surface area (Å²) in [4.78, 5) is 17.5. The Balaban J connectivity index is 1.49. The first-order valence-electron chi connectivity index (χ1n) is 10.0. The SMILES string of the molecule is NS(=O)(=NC(=O)Nc1c2c(nc3c1CCC3)CCC2)c1scc2c1CCCC2. The highest BCUT2D eigenvalue weighted by molar-refractivity contribution is 7.93. The number of aromatic nitrogens is 1. The van der Waals surface area contributed by atoms with Gasteiger partial charge in [0.2, 0.25) is 0 Å². The number of hydrogen-bond donors (Lipinski definition) is 2. The predicted molar refractivity (Wildman–Crippen MR) is 111 cm³/mol. The molecule has 6 nitrogen and oxygen atoms in total. The fraction of sp³-hybridized carbons (Fsp3) is 0.500. The van der Waals surface area contributed by atoms with Gasteiger partial charge in [-0.2, -0.15) is 0 Å². The first kappa shape index (κ1) is 18.3. The molecule has 2 heterocycles. The maximum atomic E-state index is 13.1. The Morgan fingerprint density at radius 2 is 1.64 bits per heavy atom. The largest absolute Gasteiger partial charge is 0.354 e. The Hall–Kier alpha value is -1.77. The lowest BCUT2D eigenvalue weighted by Crippen LogP contribution is -2.19. The molecule has 0 fully saturated rings. The van der Waals surface area contributed by atoms with Gasteiger partial charge in [-0.05, 0) is 91.8 Å². The van der Waals surface area contributed by atoms with Crippen LogP contribution in [0.4, 0.5) is 10.5 Å². The van der Waals surface area contributed by atoms with Crippen molar-refractivity contribution in [2.45, 2.75) is 68.4 Å². The molecule has 0 bridgehead atoms. The van der Waals surface area contributed by atoms with Gasteiger partial charge in [-0.3, -0.25) is 4.98 Å². The van der Waals surface area contributed by atoms with Crippen LogP contribution in [0.1, 0.15) is 59.3 Å². The molecule has 0 aromatic carbocycles. The quantitative estimate of drug-likeness (QED) is 0.776. The fourth-order valence-electron chi connectivity index (χ4n) is 4.76. The summed E-state index contributed by atoms with van der Waals surface area (Å²) in [5.74, 6) is 0. The first-order chi connectivity index (χ1) is 13.5. The summed E-state index contributed by atoms with van der Waals surface area (Å²) < 4.78 is 17.7. The van der Waals surface area contributed by atoms with E-state index in [1.54, 1.807) is 0 Å². The number of carbonyl (C=O) groups is 1. The van der Waals surface area contributed by atoms with Crippen LogP contribution in [0.5, 0.6) is 0 Å². The van der Waals surface area contributed by atoms with Crippen LogP contribution in [0.2, 0.25) is 0 Å². The van der Waals surface area contributed by atoms with Crippen LogP contribution in [-0.4, -0.2) is 15.2 Å². The number of amides is 2. The highest BCUT2D eigenvalue weighted by Gasteiger charge is 2.27. The van der Waals surface area contributed by atoms with Crippen molar-refractivity contribution in [3.8, 4) is 0 Å². The van der Waals surface area contributed by atoms with Gasteiger partial charge < -0.3 is 5.32 Å². The molecule has 0 saturated heterocycles. The van der Waals surface area contributed by atoms with Gasteiger partial charge in [0.25, 0.3) is 0 Å². The summed E-state index contributed by atoms with van der Waals surface area (Å²) >= 11 is 1.38. The molecule has 28 heavy (non-hydrogen) atoms. The number of urea groups is 1. The molecule has 148 valence electrons. The van der Waals surface area contributed by atoms with Crippen LogP contribution in [-0.2, 0) is 48.4 Å². The van der Waals surface area contributed by atoms with Crippen molar-refractivity contribution in [2.24, 2.45) is 9.50 Å². The number of hydrogen-bond acceptors (Lipinski definition) is 4. The number of anilines is 1. The number of carbonyl (C=O) groups excluding carboxylic acids is 1. The molecule has 1 unspecified atom stereocenters. The molecule has 5 rings (SSSR count). The van der Waals surface area contributed by atoms with Crippen molar-refractivity contribution >= 4 is 33.0 Å². The normalized spacial score (nSPS) is 19.5. The lowest BCUT2D eigenvalue weighted by atomic mass is 9.96. The number of nitrogens with two attached hydrogens (primary N) is 1. The third-order valence-corrected chi connectivity index (χ3v) is 9.11. The van der Waals surface area contributed by atoms with E-state index in [4.69, 9.17) is 10.1 Å². The van der Waals surface area contributed by atoms with Crippen molar-refractivity contribution in [2.75, 3.05) is 5.32 Å². The van der Waals surface area contributed by atoms with Crippen molar-refractivity contribution in [3.63, 3.8) is 0 Å². The summed E-state index contributed by atoms with van der Waals surface area (Å²) in [6.45, 7) is 0. The lowest BCUT2D eigenvalue weighted by molar-refractivity contribution is 0.260. The molecule has 3 aliphatic rings. The van der Waals surface area contributed by atoms with Crippen LogP contribution in [0.3, 0.4) is 0 Å². The Morgan fingerprint density at radius 1 is 1.00 bits per heavy atom. The van der Waals surface area contributed by atoms with Crippen molar-refractivity contribution in [1.82, 2.24) is 4.98 Å². The molecular weight excluding hydrogens is 392 g/mol. The van der Waals surface area contributed by atoms with Crippen LogP contribution in [0.25, 0.3) is 0 Å². The topological polar surface area (TPSA) is 97.4 Å². The number of pyridine rings is 1. The number of nitrogens with zero attached hydrogens (tertiary/aromatic N) is 2. The van der Waals surface area contributed by atoms with Crippen LogP contribution in [0.15, 0.2) is 14.0 Å². The average molecular weight is 417 g/mol. The Labute approximate surface area is 169 Å². The molecule has 1 atom stereocenters. The molecule has 0 spiro atoms. The van der Waals surface area contributed by atoms with E-state index in [2.05, 4.69) is 9.68 Å². The van der Waals surface area contributed by atoms with E-state index in [0.717, 1.165) is 98.0 Å². The van der Waals surface area contributed by atoms with Gasteiger partial charge in [0.1, 0.15) is 4.21 Å². The second kappa shape index (κ2) is 6.93. The molecule has 2 aromatic rings. The van der Waals surface area contributed by atoms with Gasteiger partial charge in [0.05, 0.1) is 5.69 Å². The summed E-state index contributed by atoms with van der Waals surface area (Å²) in [5, 5.41) is 11.0. The number of rotatable bonds is 2. The molecule has 2 aromatic heterocycles. The molecule has 8 heteroatoms. The molecule has 0 radical (unpaired) electrons. The minimum atomic E-state index is -3.24. The monoisotopic (exact) mass is 416 g/mol. The second-order valence-electron chi connectivity index (χ2n) is 7.87. The van der Waals surface area contributed by atoms with E-state index in [1.165, 1.54) is 16.9 Å². The van der Waals surface area contributed by atoms with E-state index in [-0.39, 0.29) is 0 Å². The van der Waals surface area contributed by atoms with E-state index in [0.29, 0.717) is 4.21 Å². The van der Waals surface area contributed by atoms with Gasteiger partial charge in [-0.15, -0.1) is 15.7 Å². The average Bonchev–Trinajstić information content (AvgIpc) is 3.39. The van der Waals surface area contributed by atoms with Gasteiger partial charge >= 0.3 is 6.03 Å². The number of fused-ring (bicyclic) bond motifs is 3. The zero-order valence-corrected chi connectivity index (χ0v) is 17.4. The summed E-state index contributed by atoms with van der Waals surface area (Å²) in [5.41, 5.74) is 7.55. The van der Waals surface area contributed by atoms with Crippen molar-refractivity contribution in [3.05, 3.63) is 39.0 Å².